The molecule has 3 rings (SSSR count). The summed E-state index contributed by atoms with van der Waals surface area (Å²) in [5.41, 5.74) is 8.34. The van der Waals surface area contributed by atoms with Gasteiger partial charge in [0, 0.05) is 18.8 Å². The Labute approximate surface area is 174 Å². The molecule has 1 unspecified atom stereocenters. The molecule has 5 heteroatoms. The van der Waals surface area contributed by atoms with Crippen LogP contribution in [-0.2, 0) is 16.8 Å². The van der Waals surface area contributed by atoms with Gasteiger partial charge in [-0.1, -0.05) is 38.1 Å². The van der Waals surface area contributed by atoms with Crippen molar-refractivity contribution in [2.75, 3.05) is 19.6 Å². The number of hydrogen-bond donors (Lipinski definition) is 3. The minimum absolute atomic E-state index is 0.336. The van der Waals surface area contributed by atoms with Crippen molar-refractivity contribution < 1.29 is 4.79 Å². The van der Waals surface area contributed by atoms with E-state index in [-0.39, 0.29) is 5.91 Å². The van der Waals surface area contributed by atoms with Crippen LogP contribution in [0, 0.1) is 5.92 Å². The summed E-state index contributed by atoms with van der Waals surface area (Å²) in [7, 11) is 0. The molecule has 0 bridgehead atoms. The summed E-state index contributed by atoms with van der Waals surface area (Å²) in [6.07, 6.45) is 7.47. The van der Waals surface area contributed by atoms with Crippen molar-refractivity contribution in [1.82, 2.24) is 15.6 Å². The minimum Gasteiger partial charge on any atom is -0.368 e. The number of nitrogens with one attached hydrogen (secondary N) is 2. The maximum absolute atomic E-state index is 12.9. The van der Waals surface area contributed by atoms with E-state index in [4.69, 9.17) is 5.73 Å². The molecule has 1 aliphatic heterocycles. The van der Waals surface area contributed by atoms with E-state index in [1.165, 1.54) is 18.4 Å². The van der Waals surface area contributed by atoms with Gasteiger partial charge in [0.15, 0.2) is 0 Å². The van der Waals surface area contributed by atoms with Crippen molar-refractivity contribution in [3.05, 3.63) is 65.5 Å². The summed E-state index contributed by atoms with van der Waals surface area (Å²) < 4.78 is 0. The van der Waals surface area contributed by atoms with Crippen LogP contribution in [0.3, 0.4) is 0 Å². The Morgan fingerprint density at radius 3 is 2.41 bits per heavy atom. The summed E-state index contributed by atoms with van der Waals surface area (Å²) >= 11 is 0. The van der Waals surface area contributed by atoms with Crippen molar-refractivity contribution in [3.8, 4) is 0 Å². The molecule has 1 fully saturated rings. The molecule has 1 aliphatic rings. The Balaban J connectivity index is 1.85. The van der Waals surface area contributed by atoms with Gasteiger partial charge >= 0.3 is 0 Å². The fourth-order valence-electron chi connectivity index (χ4n) is 4.20. The molecular formula is C24H34N4O. The molecule has 1 amide bonds. The number of amides is 1. The van der Waals surface area contributed by atoms with Crippen LogP contribution >= 0.6 is 0 Å². The van der Waals surface area contributed by atoms with Crippen LogP contribution in [0.25, 0.3) is 0 Å². The first-order valence-electron chi connectivity index (χ1n) is 10.8. The molecule has 1 saturated heterocycles. The Hall–Kier alpha value is -2.24. The zero-order valence-corrected chi connectivity index (χ0v) is 17.7. The lowest BCUT2D eigenvalue weighted by atomic mass is 9.82. The van der Waals surface area contributed by atoms with Crippen molar-refractivity contribution in [1.29, 1.82) is 0 Å². The summed E-state index contributed by atoms with van der Waals surface area (Å²) in [5, 5.41) is 6.99. The Kier molecular flexibility index (Phi) is 7.40. The molecule has 29 heavy (non-hydrogen) atoms. The second-order valence-corrected chi connectivity index (χ2v) is 8.49. The van der Waals surface area contributed by atoms with Crippen molar-refractivity contribution in [2.24, 2.45) is 11.7 Å². The monoisotopic (exact) mass is 394 g/mol. The molecule has 1 aromatic carbocycles. The maximum atomic E-state index is 12.9. The highest BCUT2D eigenvalue weighted by Crippen LogP contribution is 2.28. The third-order valence-corrected chi connectivity index (χ3v) is 6.15. The third kappa shape index (κ3) is 5.43. The zero-order chi connectivity index (χ0) is 20.7. The number of benzene rings is 1. The number of carbonyl (C=O) groups excluding carboxylic acids is 1. The number of nitrogens with zero attached hydrogens (tertiary/aromatic N) is 1. The smallest absolute Gasteiger partial charge is 0.242 e. The van der Waals surface area contributed by atoms with Gasteiger partial charge in [0.2, 0.25) is 5.91 Å². The number of hydrogen-bond acceptors (Lipinski definition) is 4. The average Bonchev–Trinajstić information content (AvgIpc) is 2.74. The molecule has 0 spiro atoms. The standard InChI is InChI=1S/C24H34N4O/c1-18(2)21-3-5-22(6-4-21)24(23(25)29,17-20-9-14-27-15-10-20)28-16-11-19-7-12-26-13-8-19/h3-6,9-10,14-15,18-19,26,28H,7-8,11-13,16-17H2,1-2H3,(H2,25,29). The Bertz CT molecular complexity index is 769. The van der Waals surface area contributed by atoms with Gasteiger partial charge < -0.3 is 11.1 Å². The van der Waals surface area contributed by atoms with E-state index in [0.29, 0.717) is 18.3 Å². The molecule has 156 valence electrons. The van der Waals surface area contributed by atoms with E-state index in [1.807, 2.05) is 12.1 Å². The average molecular weight is 395 g/mol. The van der Waals surface area contributed by atoms with Crippen LogP contribution in [0.1, 0.15) is 55.7 Å². The van der Waals surface area contributed by atoms with E-state index >= 15 is 0 Å². The van der Waals surface area contributed by atoms with Gasteiger partial charge in [-0.15, -0.1) is 0 Å². The van der Waals surface area contributed by atoms with Crippen molar-refractivity contribution in [3.63, 3.8) is 0 Å². The summed E-state index contributed by atoms with van der Waals surface area (Å²) in [6, 6.07) is 12.2. The zero-order valence-electron chi connectivity index (χ0n) is 17.7. The number of piperidine rings is 1. The summed E-state index contributed by atoms with van der Waals surface area (Å²) in [4.78, 5) is 17.0. The van der Waals surface area contributed by atoms with Gasteiger partial charge in [0.25, 0.3) is 0 Å². The van der Waals surface area contributed by atoms with Crippen LogP contribution < -0.4 is 16.4 Å². The molecule has 0 radical (unpaired) electrons. The molecular weight excluding hydrogens is 360 g/mol. The van der Waals surface area contributed by atoms with Crippen molar-refractivity contribution >= 4 is 5.91 Å². The molecule has 5 nitrogen and oxygen atoms in total. The quantitative estimate of drug-likeness (QED) is 0.610. The number of primary amides is 1. The minimum atomic E-state index is -0.927. The van der Waals surface area contributed by atoms with Gasteiger partial charge in [-0.05, 0) is 79.6 Å². The second-order valence-electron chi connectivity index (χ2n) is 8.49. The van der Waals surface area contributed by atoms with Gasteiger partial charge in [0.05, 0.1) is 0 Å². The van der Waals surface area contributed by atoms with E-state index in [2.05, 4.69) is 53.7 Å². The van der Waals surface area contributed by atoms with E-state index in [0.717, 1.165) is 37.2 Å². The molecule has 0 saturated carbocycles. The van der Waals surface area contributed by atoms with Crippen LogP contribution in [-0.4, -0.2) is 30.5 Å². The second kappa shape index (κ2) is 9.99. The molecule has 4 N–H and O–H groups in total. The third-order valence-electron chi connectivity index (χ3n) is 6.15. The maximum Gasteiger partial charge on any atom is 0.242 e. The number of nitrogens with two attached hydrogens (primary N) is 1. The Morgan fingerprint density at radius 1 is 1.17 bits per heavy atom. The number of aromatic nitrogens is 1. The van der Waals surface area contributed by atoms with Crippen molar-refractivity contribution in [2.45, 2.75) is 51.0 Å². The van der Waals surface area contributed by atoms with E-state index < -0.39 is 5.54 Å². The fourth-order valence-corrected chi connectivity index (χ4v) is 4.20. The van der Waals surface area contributed by atoms with Gasteiger partial charge in [-0.25, -0.2) is 0 Å². The molecule has 1 atom stereocenters. The van der Waals surface area contributed by atoms with E-state index in [1.54, 1.807) is 12.4 Å². The molecule has 2 aromatic rings. The van der Waals surface area contributed by atoms with Crippen LogP contribution in [0.5, 0.6) is 0 Å². The lowest BCUT2D eigenvalue weighted by Gasteiger charge is -2.34. The van der Waals surface area contributed by atoms with Gasteiger partial charge in [0.1, 0.15) is 5.54 Å². The number of pyridine rings is 1. The highest BCUT2D eigenvalue weighted by atomic mass is 16.1. The highest BCUT2D eigenvalue weighted by Gasteiger charge is 2.38. The normalized spacial score (nSPS) is 17.2. The number of carbonyl (C=O) groups is 1. The largest absolute Gasteiger partial charge is 0.368 e. The molecule has 0 aliphatic carbocycles. The summed E-state index contributed by atoms with van der Waals surface area (Å²) in [6.45, 7) is 7.28. The molecule has 1 aromatic heterocycles. The lowest BCUT2D eigenvalue weighted by molar-refractivity contribution is -0.124. The van der Waals surface area contributed by atoms with Crippen LogP contribution in [0.4, 0.5) is 0 Å². The predicted molar refractivity (Wildman–Crippen MR) is 118 cm³/mol. The van der Waals surface area contributed by atoms with E-state index in [9.17, 15) is 4.79 Å². The topological polar surface area (TPSA) is 80.0 Å². The SMILES string of the molecule is CC(C)c1ccc(C(Cc2ccncc2)(NCCC2CCNCC2)C(N)=O)cc1. The number of rotatable bonds is 9. The van der Waals surface area contributed by atoms with Gasteiger partial charge in [-0.3, -0.25) is 15.1 Å². The predicted octanol–water partition coefficient (Wildman–Crippen LogP) is 3.11. The highest BCUT2D eigenvalue weighted by molar-refractivity contribution is 5.86. The van der Waals surface area contributed by atoms with Gasteiger partial charge in [-0.2, -0.15) is 0 Å². The first kappa shape index (κ1) is 21.5. The van der Waals surface area contributed by atoms with Crippen LogP contribution in [0.15, 0.2) is 48.8 Å². The molecule has 2 heterocycles. The Morgan fingerprint density at radius 2 is 1.83 bits per heavy atom. The van der Waals surface area contributed by atoms with Crippen LogP contribution in [0.2, 0.25) is 0 Å². The summed E-state index contributed by atoms with van der Waals surface area (Å²) in [5.74, 6) is 0.801. The first-order valence-corrected chi connectivity index (χ1v) is 10.8. The fraction of sp³-hybridized carbons (Fsp3) is 0.500. The first-order chi connectivity index (χ1) is 14.0. The lowest BCUT2D eigenvalue weighted by Crippen LogP contribution is -2.54.